The van der Waals surface area contributed by atoms with E-state index in [4.69, 9.17) is 0 Å². The fourth-order valence-corrected chi connectivity index (χ4v) is 4.51. The van der Waals surface area contributed by atoms with Crippen LogP contribution in [-0.4, -0.2) is 60.7 Å². The number of aliphatic imine (C=N–C) groups is 1. The van der Waals surface area contributed by atoms with E-state index in [1.54, 1.807) is 0 Å². The highest BCUT2D eigenvalue weighted by atomic mass is 16.3. The standard InChI is InChI=1S/C25H33N5O2/c1-2-26-25(27-14-20-13-24(32)29-23-10-6-5-9-22(20)23)28-15-21(31)17-30-12-11-18-7-3-4-8-19(18)16-30/h3-10,20-21,31H,2,11-17H2,1H3,(H,29,32)(H2,26,27,28). The van der Waals surface area contributed by atoms with E-state index in [1.807, 2.05) is 25.1 Å². The van der Waals surface area contributed by atoms with Crippen molar-refractivity contribution in [3.63, 3.8) is 0 Å². The summed E-state index contributed by atoms with van der Waals surface area (Å²) in [6, 6.07) is 16.5. The number of hydrogen-bond donors (Lipinski definition) is 4. The lowest BCUT2D eigenvalue weighted by Crippen LogP contribution is -2.42. The predicted molar refractivity (Wildman–Crippen MR) is 128 cm³/mol. The number of nitrogens with zero attached hydrogens (tertiary/aromatic N) is 2. The quantitative estimate of drug-likeness (QED) is 0.395. The van der Waals surface area contributed by atoms with Crippen LogP contribution in [-0.2, 0) is 17.8 Å². The average molecular weight is 436 g/mol. The second-order valence-electron chi connectivity index (χ2n) is 8.54. The number of amides is 1. The zero-order chi connectivity index (χ0) is 22.3. The molecule has 2 aliphatic rings. The molecular weight excluding hydrogens is 402 g/mol. The van der Waals surface area contributed by atoms with E-state index in [0.29, 0.717) is 32.0 Å². The SMILES string of the molecule is CCNC(=NCC(O)CN1CCc2ccccc2C1)NCC1CC(=O)Nc2ccccc21. The summed E-state index contributed by atoms with van der Waals surface area (Å²) in [4.78, 5) is 19.0. The van der Waals surface area contributed by atoms with Crippen LogP contribution < -0.4 is 16.0 Å². The fraction of sp³-hybridized carbons (Fsp3) is 0.440. The van der Waals surface area contributed by atoms with Crippen molar-refractivity contribution in [3.05, 3.63) is 65.2 Å². The first-order valence-electron chi connectivity index (χ1n) is 11.5. The van der Waals surface area contributed by atoms with E-state index in [1.165, 1.54) is 11.1 Å². The van der Waals surface area contributed by atoms with Gasteiger partial charge < -0.3 is 21.1 Å². The molecule has 0 saturated carbocycles. The van der Waals surface area contributed by atoms with Gasteiger partial charge in [-0.2, -0.15) is 0 Å². The summed E-state index contributed by atoms with van der Waals surface area (Å²) in [6.45, 7) is 6.12. The molecule has 2 unspecified atom stereocenters. The van der Waals surface area contributed by atoms with E-state index in [2.05, 4.69) is 56.2 Å². The molecule has 2 atom stereocenters. The molecule has 4 N–H and O–H groups in total. The van der Waals surface area contributed by atoms with Crippen LogP contribution in [0.1, 0.15) is 36.0 Å². The molecule has 32 heavy (non-hydrogen) atoms. The Kier molecular flexibility index (Phi) is 7.39. The molecule has 0 fully saturated rings. The third kappa shape index (κ3) is 5.66. The number of benzene rings is 2. The smallest absolute Gasteiger partial charge is 0.225 e. The Morgan fingerprint density at radius 3 is 2.81 bits per heavy atom. The van der Waals surface area contributed by atoms with Crippen LogP contribution in [0.25, 0.3) is 0 Å². The fourth-order valence-electron chi connectivity index (χ4n) is 4.51. The summed E-state index contributed by atoms with van der Waals surface area (Å²) in [5.41, 5.74) is 4.78. The van der Waals surface area contributed by atoms with Crippen LogP contribution in [0, 0.1) is 0 Å². The summed E-state index contributed by atoms with van der Waals surface area (Å²) in [5, 5.41) is 20.1. The number of nitrogens with one attached hydrogen (secondary N) is 3. The first-order chi connectivity index (χ1) is 15.6. The van der Waals surface area contributed by atoms with E-state index in [-0.39, 0.29) is 11.8 Å². The van der Waals surface area contributed by atoms with Gasteiger partial charge in [0.15, 0.2) is 5.96 Å². The summed E-state index contributed by atoms with van der Waals surface area (Å²) in [6.07, 6.45) is 0.937. The molecule has 1 amide bonds. The van der Waals surface area contributed by atoms with Crippen molar-refractivity contribution in [2.45, 2.75) is 38.3 Å². The number of carbonyl (C=O) groups is 1. The van der Waals surface area contributed by atoms with Gasteiger partial charge >= 0.3 is 0 Å². The maximum absolute atomic E-state index is 12.1. The van der Waals surface area contributed by atoms with Crippen molar-refractivity contribution in [2.24, 2.45) is 4.99 Å². The van der Waals surface area contributed by atoms with Gasteiger partial charge in [-0.3, -0.25) is 14.7 Å². The highest BCUT2D eigenvalue weighted by molar-refractivity contribution is 5.94. The molecule has 2 heterocycles. The number of rotatable bonds is 7. The van der Waals surface area contributed by atoms with Crippen LogP contribution in [0.5, 0.6) is 0 Å². The molecule has 0 bridgehead atoms. The Morgan fingerprint density at radius 2 is 1.97 bits per heavy atom. The molecule has 2 aromatic rings. The van der Waals surface area contributed by atoms with Gasteiger partial charge in [0.1, 0.15) is 0 Å². The monoisotopic (exact) mass is 435 g/mol. The Balaban J connectivity index is 1.31. The number of guanidine groups is 1. The third-order valence-corrected chi connectivity index (χ3v) is 6.11. The number of carbonyl (C=O) groups excluding carboxylic acids is 1. The van der Waals surface area contributed by atoms with Gasteiger partial charge in [-0.15, -0.1) is 0 Å². The lowest BCUT2D eigenvalue weighted by Gasteiger charge is -2.30. The van der Waals surface area contributed by atoms with Crippen LogP contribution >= 0.6 is 0 Å². The lowest BCUT2D eigenvalue weighted by molar-refractivity contribution is -0.116. The summed E-state index contributed by atoms with van der Waals surface area (Å²) < 4.78 is 0. The number of β-amino-alcohol motifs (C(OH)–C–C–N with tert-alkyl or cyclic N) is 1. The van der Waals surface area contributed by atoms with Gasteiger partial charge in [0.25, 0.3) is 0 Å². The maximum Gasteiger partial charge on any atom is 0.225 e. The molecule has 0 aromatic heterocycles. The minimum Gasteiger partial charge on any atom is -0.390 e. The van der Waals surface area contributed by atoms with Gasteiger partial charge in [0.05, 0.1) is 12.6 Å². The van der Waals surface area contributed by atoms with Crippen molar-refractivity contribution in [1.29, 1.82) is 0 Å². The Labute approximate surface area is 189 Å². The lowest BCUT2D eigenvalue weighted by atomic mass is 9.90. The van der Waals surface area contributed by atoms with Crippen LogP contribution in [0.4, 0.5) is 5.69 Å². The zero-order valence-electron chi connectivity index (χ0n) is 18.7. The Bertz CT molecular complexity index is 961. The maximum atomic E-state index is 12.1. The van der Waals surface area contributed by atoms with Crippen molar-refractivity contribution in [3.8, 4) is 0 Å². The van der Waals surface area contributed by atoms with Crippen LogP contribution in [0.3, 0.4) is 0 Å². The first kappa shape index (κ1) is 22.3. The molecule has 7 heteroatoms. The van der Waals surface area contributed by atoms with Gasteiger partial charge in [-0.1, -0.05) is 42.5 Å². The van der Waals surface area contributed by atoms with Crippen molar-refractivity contribution in [2.75, 3.05) is 38.0 Å². The van der Waals surface area contributed by atoms with Gasteiger partial charge in [-0.05, 0) is 36.1 Å². The minimum atomic E-state index is -0.531. The minimum absolute atomic E-state index is 0.0379. The summed E-state index contributed by atoms with van der Waals surface area (Å²) in [5.74, 6) is 0.789. The molecule has 170 valence electrons. The number of aliphatic hydroxyl groups excluding tert-OH is 1. The van der Waals surface area contributed by atoms with E-state index in [0.717, 1.165) is 37.3 Å². The predicted octanol–water partition coefficient (Wildman–Crippen LogP) is 2.09. The summed E-state index contributed by atoms with van der Waals surface area (Å²) in [7, 11) is 0. The average Bonchev–Trinajstić information content (AvgIpc) is 2.80. The molecule has 4 rings (SSSR count). The zero-order valence-corrected chi connectivity index (χ0v) is 18.7. The third-order valence-electron chi connectivity index (χ3n) is 6.11. The van der Waals surface area contributed by atoms with Crippen molar-refractivity contribution in [1.82, 2.24) is 15.5 Å². The number of anilines is 1. The largest absolute Gasteiger partial charge is 0.390 e. The second-order valence-corrected chi connectivity index (χ2v) is 8.54. The Hall–Kier alpha value is -2.90. The number of aliphatic hydroxyl groups is 1. The molecule has 7 nitrogen and oxygen atoms in total. The molecule has 0 aliphatic carbocycles. The molecule has 2 aromatic carbocycles. The second kappa shape index (κ2) is 10.6. The van der Waals surface area contributed by atoms with Crippen LogP contribution in [0.2, 0.25) is 0 Å². The van der Waals surface area contributed by atoms with Gasteiger partial charge in [-0.25, -0.2) is 0 Å². The van der Waals surface area contributed by atoms with E-state index >= 15 is 0 Å². The highest BCUT2D eigenvalue weighted by Gasteiger charge is 2.25. The molecule has 0 saturated heterocycles. The Morgan fingerprint density at radius 1 is 1.19 bits per heavy atom. The number of para-hydroxylation sites is 1. The first-order valence-corrected chi connectivity index (χ1v) is 11.5. The van der Waals surface area contributed by atoms with Gasteiger partial charge in [0, 0.05) is 50.7 Å². The normalized spacial score (nSPS) is 19.5. The molecule has 2 aliphatic heterocycles. The van der Waals surface area contributed by atoms with Crippen molar-refractivity contribution < 1.29 is 9.90 Å². The topological polar surface area (TPSA) is 89.0 Å². The molecular formula is C25H33N5O2. The van der Waals surface area contributed by atoms with Crippen molar-refractivity contribution >= 4 is 17.6 Å². The van der Waals surface area contributed by atoms with E-state index < -0.39 is 6.10 Å². The summed E-state index contributed by atoms with van der Waals surface area (Å²) >= 11 is 0. The van der Waals surface area contributed by atoms with Crippen LogP contribution in [0.15, 0.2) is 53.5 Å². The number of hydrogen-bond acceptors (Lipinski definition) is 4. The van der Waals surface area contributed by atoms with Gasteiger partial charge in [0.2, 0.25) is 5.91 Å². The molecule has 0 spiro atoms. The van der Waals surface area contributed by atoms with E-state index in [9.17, 15) is 9.90 Å². The highest BCUT2D eigenvalue weighted by Crippen LogP contribution is 2.31. The number of fused-ring (bicyclic) bond motifs is 2. The molecule has 0 radical (unpaired) electrons.